The van der Waals surface area contributed by atoms with E-state index >= 15 is 0 Å². The molecule has 0 bridgehead atoms. The summed E-state index contributed by atoms with van der Waals surface area (Å²) in [5.41, 5.74) is 0. The van der Waals surface area contributed by atoms with Gasteiger partial charge in [-0.25, -0.2) is 0 Å². The number of rotatable bonds is 4. The standard InChI is InChI=1S/C12H24N2O2.2CH3I/c1-13(2)9-10-16-12(15)11-7-5-4-6-8-14(11)3;2*1-2/h11H,4-10H2,1-3H3;2*1H3. The molecule has 0 saturated carbocycles. The summed E-state index contributed by atoms with van der Waals surface area (Å²) in [4.78, 5) is 19.9. The highest BCUT2D eigenvalue weighted by Gasteiger charge is 2.25. The molecule has 0 aromatic heterocycles. The lowest BCUT2D eigenvalue weighted by Gasteiger charge is -2.24. The van der Waals surface area contributed by atoms with E-state index in [0.717, 1.165) is 25.9 Å². The zero-order valence-electron chi connectivity index (χ0n) is 13.5. The van der Waals surface area contributed by atoms with E-state index in [0.29, 0.717) is 6.61 Å². The maximum Gasteiger partial charge on any atom is 0.323 e. The van der Waals surface area contributed by atoms with Gasteiger partial charge in [0, 0.05) is 6.54 Å². The molecule has 6 heteroatoms. The van der Waals surface area contributed by atoms with Gasteiger partial charge >= 0.3 is 5.97 Å². The van der Waals surface area contributed by atoms with Crippen LogP contribution in [0.1, 0.15) is 25.7 Å². The van der Waals surface area contributed by atoms with E-state index in [2.05, 4.69) is 50.1 Å². The Kier molecular flexibility index (Phi) is 18.8. The first-order chi connectivity index (χ1) is 9.61. The van der Waals surface area contributed by atoms with Crippen molar-refractivity contribution in [3.8, 4) is 0 Å². The summed E-state index contributed by atoms with van der Waals surface area (Å²) in [5, 5.41) is 0. The van der Waals surface area contributed by atoms with Crippen molar-refractivity contribution in [2.45, 2.75) is 31.7 Å². The van der Waals surface area contributed by atoms with Gasteiger partial charge in [0.2, 0.25) is 0 Å². The number of ether oxygens (including phenoxy) is 1. The van der Waals surface area contributed by atoms with Crippen molar-refractivity contribution >= 4 is 51.2 Å². The lowest BCUT2D eigenvalue weighted by atomic mass is 10.1. The molecule has 1 unspecified atom stereocenters. The van der Waals surface area contributed by atoms with Gasteiger partial charge in [0.05, 0.1) is 0 Å². The van der Waals surface area contributed by atoms with Crippen molar-refractivity contribution < 1.29 is 9.53 Å². The molecule has 1 atom stereocenters. The Morgan fingerprint density at radius 3 is 2.35 bits per heavy atom. The van der Waals surface area contributed by atoms with Crippen LogP contribution in [0.4, 0.5) is 0 Å². The average molecular weight is 512 g/mol. The van der Waals surface area contributed by atoms with E-state index in [9.17, 15) is 4.79 Å². The van der Waals surface area contributed by atoms with Crippen LogP contribution in [-0.4, -0.2) is 72.5 Å². The van der Waals surface area contributed by atoms with Crippen LogP contribution < -0.4 is 0 Å². The van der Waals surface area contributed by atoms with Gasteiger partial charge in [0.15, 0.2) is 0 Å². The third kappa shape index (κ3) is 11.5. The number of carbonyl (C=O) groups is 1. The molecule has 0 N–H and O–H groups in total. The van der Waals surface area contributed by atoms with E-state index < -0.39 is 0 Å². The second-order valence-corrected chi connectivity index (χ2v) is 4.82. The van der Waals surface area contributed by atoms with Crippen molar-refractivity contribution in [3.05, 3.63) is 0 Å². The van der Waals surface area contributed by atoms with Gasteiger partial charge < -0.3 is 9.64 Å². The van der Waals surface area contributed by atoms with Gasteiger partial charge in [-0.05, 0) is 50.4 Å². The minimum absolute atomic E-state index is 0.0235. The van der Waals surface area contributed by atoms with Gasteiger partial charge in [-0.2, -0.15) is 0 Å². The molecule has 1 saturated heterocycles. The van der Waals surface area contributed by atoms with Gasteiger partial charge in [-0.15, -0.1) is 0 Å². The SMILES string of the molecule is CI.CI.CN(C)CCOC(=O)C1CCCCCN1C. The summed E-state index contributed by atoms with van der Waals surface area (Å²) >= 11 is 4.30. The fourth-order valence-corrected chi connectivity index (χ4v) is 1.97. The number of likely N-dealkylation sites (N-methyl/N-ethyl adjacent to an activating group) is 2. The fraction of sp³-hybridized carbons (Fsp3) is 0.929. The fourth-order valence-electron chi connectivity index (χ4n) is 1.97. The molecule has 1 fully saturated rings. The second-order valence-electron chi connectivity index (χ2n) is 4.82. The van der Waals surface area contributed by atoms with Crippen molar-refractivity contribution in [2.24, 2.45) is 0 Å². The van der Waals surface area contributed by atoms with Crippen molar-refractivity contribution in [1.82, 2.24) is 9.80 Å². The van der Waals surface area contributed by atoms with Crippen molar-refractivity contribution in [3.63, 3.8) is 0 Å². The van der Waals surface area contributed by atoms with E-state index in [4.69, 9.17) is 4.74 Å². The van der Waals surface area contributed by atoms with Crippen molar-refractivity contribution in [2.75, 3.05) is 50.7 Å². The first-order valence-corrected chi connectivity index (χ1v) is 11.2. The van der Waals surface area contributed by atoms with E-state index in [1.165, 1.54) is 12.8 Å². The summed E-state index contributed by atoms with van der Waals surface area (Å²) in [7, 11) is 5.97. The summed E-state index contributed by atoms with van der Waals surface area (Å²) in [6, 6.07) is -0.0235. The molecule has 0 aliphatic carbocycles. The minimum Gasteiger partial charge on any atom is -0.463 e. The highest BCUT2D eigenvalue weighted by molar-refractivity contribution is 14.1. The molecule has 0 spiro atoms. The zero-order chi connectivity index (χ0) is 16.0. The van der Waals surface area contributed by atoms with E-state index in [1.807, 2.05) is 35.9 Å². The molecule has 0 amide bonds. The maximum atomic E-state index is 11.9. The summed E-state index contributed by atoms with van der Waals surface area (Å²) in [6.07, 6.45) is 4.50. The lowest BCUT2D eigenvalue weighted by Crippen LogP contribution is -2.39. The molecule has 20 heavy (non-hydrogen) atoms. The van der Waals surface area contributed by atoms with Gasteiger partial charge in [-0.3, -0.25) is 9.69 Å². The molecule has 0 aromatic rings. The topological polar surface area (TPSA) is 32.8 Å². The smallest absolute Gasteiger partial charge is 0.323 e. The Bertz CT molecular complexity index is 229. The van der Waals surface area contributed by atoms with Crippen molar-refractivity contribution in [1.29, 1.82) is 0 Å². The summed E-state index contributed by atoms with van der Waals surface area (Å²) in [5.74, 6) is -0.0498. The first kappa shape index (κ1) is 23.1. The van der Waals surface area contributed by atoms with Gasteiger partial charge in [0.25, 0.3) is 0 Å². The number of alkyl halides is 2. The molecular formula is C14H30I2N2O2. The van der Waals surface area contributed by atoms with Gasteiger partial charge in [0.1, 0.15) is 12.6 Å². The normalized spacial score (nSPS) is 19.1. The third-order valence-electron chi connectivity index (χ3n) is 3.08. The number of carbonyl (C=O) groups excluding carboxylic acids is 1. The molecule has 0 aromatic carbocycles. The number of hydrogen-bond acceptors (Lipinski definition) is 4. The lowest BCUT2D eigenvalue weighted by molar-refractivity contribution is -0.149. The molecule has 1 aliphatic heterocycles. The van der Waals surface area contributed by atoms with Crippen LogP contribution >= 0.6 is 45.2 Å². The highest BCUT2D eigenvalue weighted by Crippen LogP contribution is 2.16. The highest BCUT2D eigenvalue weighted by atomic mass is 127. The second kappa shape index (κ2) is 16.2. The largest absolute Gasteiger partial charge is 0.463 e. The van der Waals surface area contributed by atoms with Crippen LogP contribution in [0.3, 0.4) is 0 Å². The predicted octanol–water partition coefficient (Wildman–Crippen LogP) is 3.07. The van der Waals surface area contributed by atoms with E-state index in [1.54, 1.807) is 0 Å². The van der Waals surface area contributed by atoms with E-state index in [-0.39, 0.29) is 12.0 Å². The Labute approximate surface area is 152 Å². The van der Waals surface area contributed by atoms with Crippen LogP contribution in [0.15, 0.2) is 0 Å². The number of likely N-dealkylation sites (tertiary alicyclic amines) is 1. The Balaban J connectivity index is 0. The predicted molar refractivity (Wildman–Crippen MR) is 104 cm³/mol. The quantitative estimate of drug-likeness (QED) is 0.330. The Morgan fingerprint density at radius 1 is 1.20 bits per heavy atom. The van der Waals surface area contributed by atoms with Crippen LogP contribution in [0, 0.1) is 0 Å². The molecule has 122 valence electrons. The molecule has 1 heterocycles. The minimum atomic E-state index is -0.0498. The number of hydrogen-bond donors (Lipinski definition) is 0. The molecule has 0 radical (unpaired) electrons. The molecule has 1 rings (SSSR count). The molecule has 1 aliphatic rings. The monoisotopic (exact) mass is 512 g/mol. The van der Waals surface area contributed by atoms with Gasteiger partial charge in [-0.1, -0.05) is 58.0 Å². The zero-order valence-corrected chi connectivity index (χ0v) is 17.8. The first-order valence-electron chi connectivity index (χ1n) is 6.88. The number of esters is 1. The van der Waals surface area contributed by atoms with Crippen LogP contribution in [0.2, 0.25) is 0 Å². The summed E-state index contributed by atoms with van der Waals surface area (Å²) in [6.45, 7) is 2.30. The average Bonchev–Trinajstić information content (AvgIpc) is 2.67. The number of nitrogens with zero attached hydrogens (tertiary/aromatic N) is 2. The number of halogens is 2. The van der Waals surface area contributed by atoms with Crippen LogP contribution in [0.5, 0.6) is 0 Å². The Hall–Kier alpha value is 0.850. The molecular weight excluding hydrogens is 482 g/mol. The third-order valence-corrected chi connectivity index (χ3v) is 3.08. The maximum absolute atomic E-state index is 11.9. The summed E-state index contributed by atoms with van der Waals surface area (Å²) < 4.78 is 5.30. The van der Waals surface area contributed by atoms with Crippen LogP contribution in [-0.2, 0) is 9.53 Å². The molecule has 4 nitrogen and oxygen atoms in total. The van der Waals surface area contributed by atoms with Crippen LogP contribution in [0.25, 0.3) is 0 Å². The Morgan fingerprint density at radius 2 is 1.80 bits per heavy atom.